The van der Waals surface area contributed by atoms with Crippen molar-refractivity contribution in [2.75, 3.05) is 33.9 Å². The summed E-state index contributed by atoms with van der Waals surface area (Å²) in [6.45, 7) is 1.61. The van der Waals surface area contributed by atoms with Crippen molar-refractivity contribution in [1.82, 2.24) is 10.0 Å². The lowest BCUT2D eigenvalue weighted by molar-refractivity contribution is 0.122. The second kappa shape index (κ2) is 7.27. The predicted molar refractivity (Wildman–Crippen MR) is 87.7 cm³/mol. The number of ether oxygens (including phenoxy) is 2. The molecule has 0 amide bonds. The molecule has 0 aliphatic carbocycles. The minimum atomic E-state index is -3.67. The Labute approximate surface area is 139 Å². The van der Waals surface area contributed by atoms with Gasteiger partial charge in [-0.05, 0) is 37.6 Å². The molecule has 1 atom stereocenters. The SMILES string of the molecule is COCC1(CNS(=O)(=O)c2cc(Br)ccc2OC)CCCN1. The van der Waals surface area contributed by atoms with Crippen LogP contribution in [0.5, 0.6) is 5.75 Å². The molecule has 22 heavy (non-hydrogen) atoms. The molecule has 2 N–H and O–H groups in total. The van der Waals surface area contributed by atoms with Crippen LogP contribution in [0.1, 0.15) is 12.8 Å². The summed E-state index contributed by atoms with van der Waals surface area (Å²) in [6, 6.07) is 4.90. The molecule has 0 aromatic heterocycles. The van der Waals surface area contributed by atoms with Crippen LogP contribution in [0.2, 0.25) is 0 Å². The van der Waals surface area contributed by atoms with Crippen molar-refractivity contribution < 1.29 is 17.9 Å². The Morgan fingerprint density at radius 1 is 1.41 bits per heavy atom. The molecule has 8 heteroatoms. The van der Waals surface area contributed by atoms with Crippen molar-refractivity contribution in [2.45, 2.75) is 23.3 Å². The molecular formula is C14H21BrN2O4S. The quantitative estimate of drug-likeness (QED) is 0.735. The lowest BCUT2D eigenvalue weighted by Crippen LogP contribution is -2.52. The molecule has 0 radical (unpaired) electrons. The molecule has 0 spiro atoms. The molecule has 1 aliphatic heterocycles. The van der Waals surface area contributed by atoms with Gasteiger partial charge in [-0.25, -0.2) is 13.1 Å². The summed E-state index contributed by atoms with van der Waals surface area (Å²) in [5.74, 6) is 0.316. The van der Waals surface area contributed by atoms with Crippen LogP contribution in [0.3, 0.4) is 0 Å². The van der Waals surface area contributed by atoms with Gasteiger partial charge in [-0.15, -0.1) is 0 Å². The van der Waals surface area contributed by atoms with Gasteiger partial charge in [0, 0.05) is 18.1 Å². The average molecular weight is 393 g/mol. The van der Waals surface area contributed by atoms with Crippen molar-refractivity contribution >= 4 is 26.0 Å². The van der Waals surface area contributed by atoms with Gasteiger partial charge in [0.05, 0.1) is 19.3 Å². The monoisotopic (exact) mass is 392 g/mol. The highest BCUT2D eigenvalue weighted by atomic mass is 79.9. The van der Waals surface area contributed by atoms with E-state index >= 15 is 0 Å². The van der Waals surface area contributed by atoms with E-state index in [0.29, 0.717) is 16.8 Å². The number of hydrogen-bond donors (Lipinski definition) is 2. The smallest absolute Gasteiger partial charge is 0.244 e. The Hall–Kier alpha value is -0.670. The van der Waals surface area contributed by atoms with Crippen LogP contribution < -0.4 is 14.8 Å². The zero-order valence-corrected chi connectivity index (χ0v) is 15.1. The van der Waals surface area contributed by atoms with Crippen LogP contribution in [0, 0.1) is 0 Å². The van der Waals surface area contributed by atoms with E-state index in [2.05, 4.69) is 26.0 Å². The highest BCUT2D eigenvalue weighted by molar-refractivity contribution is 9.10. The molecule has 0 saturated carbocycles. The lowest BCUT2D eigenvalue weighted by atomic mass is 9.99. The number of methoxy groups -OCH3 is 2. The van der Waals surface area contributed by atoms with Crippen LogP contribution in [0.25, 0.3) is 0 Å². The summed E-state index contributed by atoms with van der Waals surface area (Å²) in [5.41, 5.74) is -0.346. The van der Waals surface area contributed by atoms with Gasteiger partial charge in [0.25, 0.3) is 0 Å². The lowest BCUT2D eigenvalue weighted by Gasteiger charge is -2.29. The molecule has 1 aromatic carbocycles. The fourth-order valence-corrected chi connectivity index (χ4v) is 4.47. The number of nitrogens with one attached hydrogen (secondary N) is 2. The summed E-state index contributed by atoms with van der Waals surface area (Å²) in [5, 5.41) is 3.34. The fourth-order valence-electron chi connectivity index (χ4n) is 2.64. The van der Waals surface area contributed by atoms with E-state index in [1.54, 1.807) is 19.2 Å². The van der Waals surface area contributed by atoms with Crippen LogP contribution in [0.15, 0.2) is 27.6 Å². The molecule has 1 saturated heterocycles. The predicted octanol–water partition coefficient (Wildman–Crippen LogP) is 1.50. The Bertz CT molecular complexity index is 615. The molecule has 124 valence electrons. The summed E-state index contributed by atoms with van der Waals surface area (Å²) >= 11 is 3.29. The van der Waals surface area contributed by atoms with Crippen LogP contribution in [0.4, 0.5) is 0 Å². The van der Waals surface area contributed by atoms with Gasteiger partial charge in [0.15, 0.2) is 0 Å². The molecule has 0 bridgehead atoms. The highest BCUT2D eigenvalue weighted by Gasteiger charge is 2.35. The number of halogens is 1. The zero-order chi connectivity index (χ0) is 16.2. The zero-order valence-electron chi connectivity index (χ0n) is 12.7. The van der Waals surface area contributed by atoms with E-state index in [9.17, 15) is 8.42 Å². The van der Waals surface area contributed by atoms with Crippen molar-refractivity contribution in [3.63, 3.8) is 0 Å². The first-order chi connectivity index (χ1) is 10.4. The normalized spacial score (nSPS) is 22.0. The molecule has 6 nitrogen and oxygen atoms in total. The maximum absolute atomic E-state index is 12.6. The van der Waals surface area contributed by atoms with Gasteiger partial charge in [0.1, 0.15) is 10.6 Å². The highest BCUT2D eigenvalue weighted by Crippen LogP contribution is 2.28. The van der Waals surface area contributed by atoms with E-state index in [0.717, 1.165) is 19.4 Å². The summed E-state index contributed by atoms with van der Waals surface area (Å²) in [6.07, 6.45) is 1.88. The van der Waals surface area contributed by atoms with E-state index < -0.39 is 10.0 Å². The van der Waals surface area contributed by atoms with Crippen molar-refractivity contribution in [3.05, 3.63) is 22.7 Å². The van der Waals surface area contributed by atoms with Crippen molar-refractivity contribution in [1.29, 1.82) is 0 Å². The molecule has 1 aliphatic rings. The Balaban J connectivity index is 2.19. The van der Waals surface area contributed by atoms with E-state index in [1.165, 1.54) is 13.2 Å². The van der Waals surface area contributed by atoms with Crippen LogP contribution in [-0.2, 0) is 14.8 Å². The first kappa shape index (κ1) is 17.7. The molecule has 1 heterocycles. The van der Waals surface area contributed by atoms with E-state index in [1.807, 2.05) is 0 Å². The second-order valence-corrected chi connectivity index (χ2v) is 8.01. The number of rotatable bonds is 7. The summed E-state index contributed by atoms with van der Waals surface area (Å²) < 4.78 is 38.9. The standard InChI is InChI=1S/C14H21BrN2O4S/c1-20-10-14(6-3-7-16-14)9-17-22(18,19)13-8-11(15)4-5-12(13)21-2/h4-5,8,16-17H,3,6-7,9-10H2,1-2H3. The second-order valence-electron chi connectivity index (χ2n) is 5.36. The molecule has 1 fully saturated rings. The molecule has 1 unspecified atom stereocenters. The minimum absolute atomic E-state index is 0.120. The first-order valence-corrected chi connectivity index (χ1v) is 9.27. The minimum Gasteiger partial charge on any atom is -0.495 e. The van der Waals surface area contributed by atoms with Crippen molar-refractivity contribution in [2.24, 2.45) is 0 Å². The van der Waals surface area contributed by atoms with Gasteiger partial charge in [-0.3, -0.25) is 0 Å². The van der Waals surface area contributed by atoms with Crippen LogP contribution >= 0.6 is 15.9 Å². The van der Waals surface area contributed by atoms with Gasteiger partial charge in [-0.1, -0.05) is 15.9 Å². The van der Waals surface area contributed by atoms with Crippen molar-refractivity contribution in [3.8, 4) is 5.75 Å². The number of sulfonamides is 1. The molecule has 1 aromatic rings. The van der Waals surface area contributed by atoms with Crippen LogP contribution in [-0.4, -0.2) is 47.9 Å². The first-order valence-electron chi connectivity index (χ1n) is 7.00. The Morgan fingerprint density at radius 2 is 2.18 bits per heavy atom. The maximum atomic E-state index is 12.6. The molecular weight excluding hydrogens is 372 g/mol. The number of benzene rings is 1. The maximum Gasteiger partial charge on any atom is 0.244 e. The topological polar surface area (TPSA) is 76.7 Å². The van der Waals surface area contributed by atoms with E-state index in [4.69, 9.17) is 9.47 Å². The van der Waals surface area contributed by atoms with Gasteiger partial charge in [0.2, 0.25) is 10.0 Å². The third-order valence-corrected chi connectivity index (χ3v) is 5.68. The Morgan fingerprint density at radius 3 is 2.77 bits per heavy atom. The van der Waals surface area contributed by atoms with Gasteiger partial charge in [-0.2, -0.15) is 0 Å². The largest absolute Gasteiger partial charge is 0.495 e. The summed E-state index contributed by atoms with van der Waals surface area (Å²) in [7, 11) is -0.600. The van der Waals surface area contributed by atoms with E-state index in [-0.39, 0.29) is 17.0 Å². The summed E-state index contributed by atoms with van der Waals surface area (Å²) in [4.78, 5) is 0.120. The van der Waals surface area contributed by atoms with Gasteiger partial charge < -0.3 is 14.8 Å². The third kappa shape index (κ3) is 3.99. The van der Waals surface area contributed by atoms with Gasteiger partial charge >= 0.3 is 0 Å². The average Bonchev–Trinajstić information content (AvgIpc) is 2.95. The third-order valence-electron chi connectivity index (χ3n) is 3.77. The molecule has 2 rings (SSSR count). The fraction of sp³-hybridized carbons (Fsp3) is 0.571. The number of hydrogen-bond acceptors (Lipinski definition) is 5. The Kier molecular flexibility index (Phi) is 5.84.